The highest BCUT2D eigenvalue weighted by Crippen LogP contribution is 2.22. The van der Waals surface area contributed by atoms with Gasteiger partial charge in [-0.2, -0.15) is 0 Å². The minimum absolute atomic E-state index is 0.211. The molecule has 0 aliphatic rings. The Labute approximate surface area is 125 Å². The van der Waals surface area contributed by atoms with Crippen LogP contribution in [0.15, 0.2) is 30.5 Å². The normalized spacial score (nSPS) is 10.3. The minimum atomic E-state index is -0.211. The van der Waals surface area contributed by atoms with Gasteiger partial charge in [0.2, 0.25) is 5.88 Å². The maximum Gasteiger partial charge on any atom is 0.265 e. The van der Waals surface area contributed by atoms with Gasteiger partial charge in [-0.25, -0.2) is 4.98 Å². The van der Waals surface area contributed by atoms with Gasteiger partial charge < -0.3 is 14.8 Å². The van der Waals surface area contributed by atoms with Gasteiger partial charge in [0.25, 0.3) is 5.91 Å². The summed E-state index contributed by atoms with van der Waals surface area (Å²) in [6.45, 7) is 0.933. The van der Waals surface area contributed by atoms with Crippen molar-refractivity contribution in [2.45, 2.75) is 0 Å². The zero-order chi connectivity index (χ0) is 14.4. The SMILES string of the molecule is COCCOc1ccc(NC(=O)c2ccc(Cl)s2)cn1. The number of carbonyl (C=O) groups excluding carboxylic acids is 1. The summed E-state index contributed by atoms with van der Waals surface area (Å²) in [6.07, 6.45) is 1.54. The van der Waals surface area contributed by atoms with E-state index >= 15 is 0 Å². The van der Waals surface area contributed by atoms with Gasteiger partial charge in [0, 0.05) is 13.2 Å². The lowest BCUT2D eigenvalue weighted by atomic mass is 10.4. The molecule has 2 aromatic heterocycles. The van der Waals surface area contributed by atoms with Crippen LogP contribution >= 0.6 is 22.9 Å². The van der Waals surface area contributed by atoms with E-state index in [2.05, 4.69) is 10.3 Å². The van der Waals surface area contributed by atoms with Crippen LogP contribution in [0.5, 0.6) is 5.88 Å². The van der Waals surface area contributed by atoms with Crippen LogP contribution in [0.1, 0.15) is 9.67 Å². The molecule has 0 atom stereocenters. The maximum atomic E-state index is 11.9. The molecule has 0 radical (unpaired) electrons. The Morgan fingerprint density at radius 1 is 1.35 bits per heavy atom. The van der Waals surface area contributed by atoms with Crippen molar-refractivity contribution in [3.05, 3.63) is 39.7 Å². The van der Waals surface area contributed by atoms with Crippen molar-refractivity contribution in [2.75, 3.05) is 25.6 Å². The molecule has 0 bridgehead atoms. The van der Waals surface area contributed by atoms with Crippen molar-refractivity contribution in [3.8, 4) is 5.88 Å². The molecule has 2 rings (SSSR count). The van der Waals surface area contributed by atoms with Gasteiger partial charge in [-0.05, 0) is 18.2 Å². The second kappa shape index (κ2) is 7.23. The van der Waals surface area contributed by atoms with Crippen molar-refractivity contribution in [2.24, 2.45) is 0 Å². The van der Waals surface area contributed by atoms with Gasteiger partial charge in [-0.15, -0.1) is 11.3 Å². The number of halogens is 1. The largest absolute Gasteiger partial charge is 0.475 e. The van der Waals surface area contributed by atoms with Crippen LogP contribution in [0.2, 0.25) is 4.34 Å². The van der Waals surface area contributed by atoms with Gasteiger partial charge >= 0.3 is 0 Å². The molecule has 0 fully saturated rings. The Morgan fingerprint density at radius 2 is 2.20 bits per heavy atom. The van der Waals surface area contributed by atoms with Crippen LogP contribution in [0.3, 0.4) is 0 Å². The molecule has 0 saturated carbocycles. The van der Waals surface area contributed by atoms with Crippen LogP contribution in [-0.4, -0.2) is 31.2 Å². The summed E-state index contributed by atoms with van der Waals surface area (Å²) in [5.74, 6) is 0.274. The number of pyridine rings is 1. The number of amides is 1. The summed E-state index contributed by atoms with van der Waals surface area (Å²) in [5, 5.41) is 2.74. The van der Waals surface area contributed by atoms with Crippen molar-refractivity contribution >= 4 is 34.5 Å². The first-order valence-electron chi connectivity index (χ1n) is 5.83. The van der Waals surface area contributed by atoms with Crippen LogP contribution in [0, 0.1) is 0 Å². The predicted molar refractivity (Wildman–Crippen MR) is 78.9 cm³/mol. The first-order valence-corrected chi connectivity index (χ1v) is 7.03. The van der Waals surface area contributed by atoms with E-state index in [1.165, 1.54) is 17.5 Å². The molecule has 0 aliphatic carbocycles. The predicted octanol–water partition coefficient (Wildman–Crippen LogP) is 3.07. The molecular formula is C13H13ClN2O3S. The lowest BCUT2D eigenvalue weighted by Gasteiger charge is -2.06. The number of aromatic nitrogens is 1. The number of methoxy groups -OCH3 is 1. The van der Waals surface area contributed by atoms with Crippen LogP contribution in [0.25, 0.3) is 0 Å². The second-order valence-corrected chi connectivity index (χ2v) is 5.50. The molecule has 0 aliphatic heterocycles. The summed E-state index contributed by atoms with van der Waals surface area (Å²) in [6, 6.07) is 6.78. The second-order valence-electron chi connectivity index (χ2n) is 3.78. The minimum Gasteiger partial charge on any atom is -0.475 e. The molecule has 106 valence electrons. The van der Waals surface area contributed by atoms with Crippen molar-refractivity contribution in [1.82, 2.24) is 4.98 Å². The lowest BCUT2D eigenvalue weighted by Crippen LogP contribution is -2.10. The highest BCUT2D eigenvalue weighted by Gasteiger charge is 2.09. The Kier molecular flexibility index (Phi) is 5.34. The smallest absolute Gasteiger partial charge is 0.265 e. The van der Waals surface area contributed by atoms with E-state index in [-0.39, 0.29) is 5.91 Å². The molecule has 1 N–H and O–H groups in total. The summed E-state index contributed by atoms with van der Waals surface area (Å²) < 4.78 is 10.8. The highest BCUT2D eigenvalue weighted by molar-refractivity contribution is 7.18. The molecule has 0 aromatic carbocycles. The Morgan fingerprint density at radius 3 is 2.80 bits per heavy atom. The Bertz CT molecular complexity index is 571. The number of carbonyl (C=O) groups is 1. The molecule has 2 aromatic rings. The molecule has 7 heteroatoms. The summed E-state index contributed by atoms with van der Waals surface area (Å²) >= 11 is 7.01. The first kappa shape index (κ1) is 14.8. The fourth-order valence-electron chi connectivity index (χ4n) is 1.40. The Balaban J connectivity index is 1.91. The van der Waals surface area contributed by atoms with Crippen molar-refractivity contribution in [3.63, 3.8) is 0 Å². The Hall–Kier alpha value is -1.63. The van der Waals surface area contributed by atoms with Crippen LogP contribution in [0.4, 0.5) is 5.69 Å². The zero-order valence-corrected chi connectivity index (χ0v) is 12.3. The number of hydrogen-bond donors (Lipinski definition) is 1. The third kappa shape index (κ3) is 4.19. The van der Waals surface area contributed by atoms with E-state index in [1.807, 2.05) is 0 Å². The number of nitrogens with zero attached hydrogens (tertiary/aromatic N) is 1. The van der Waals surface area contributed by atoms with E-state index in [4.69, 9.17) is 21.1 Å². The van der Waals surface area contributed by atoms with Gasteiger partial charge in [0.05, 0.1) is 27.7 Å². The standard InChI is InChI=1S/C13H13ClN2O3S/c1-18-6-7-19-12-5-2-9(8-15-12)16-13(17)10-3-4-11(14)20-10/h2-5,8H,6-7H2,1H3,(H,16,17). The van der Waals surface area contributed by atoms with E-state index in [0.717, 1.165) is 0 Å². The number of nitrogens with one attached hydrogen (secondary N) is 1. The third-order valence-corrected chi connectivity index (χ3v) is 3.56. The highest BCUT2D eigenvalue weighted by atomic mass is 35.5. The van der Waals surface area contributed by atoms with Crippen molar-refractivity contribution < 1.29 is 14.3 Å². The van der Waals surface area contributed by atoms with Gasteiger partial charge in [-0.1, -0.05) is 11.6 Å². The van der Waals surface area contributed by atoms with E-state index in [0.29, 0.717) is 34.0 Å². The van der Waals surface area contributed by atoms with Gasteiger partial charge in [-0.3, -0.25) is 4.79 Å². The first-order chi connectivity index (χ1) is 9.69. The average molecular weight is 313 g/mol. The fraction of sp³-hybridized carbons (Fsp3) is 0.231. The van der Waals surface area contributed by atoms with Crippen LogP contribution in [-0.2, 0) is 4.74 Å². The molecule has 0 saturated heterocycles. The van der Waals surface area contributed by atoms with Gasteiger partial charge in [0.15, 0.2) is 0 Å². The maximum absolute atomic E-state index is 11.9. The fourth-order valence-corrected chi connectivity index (χ4v) is 2.34. The molecule has 2 heterocycles. The molecule has 0 spiro atoms. The number of thiophene rings is 1. The average Bonchev–Trinajstić information content (AvgIpc) is 2.88. The summed E-state index contributed by atoms with van der Waals surface area (Å²) in [7, 11) is 1.60. The number of ether oxygens (including phenoxy) is 2. The van der Waals surface area contributed by atoms with Gasteiger partial charge in [0.1, 0.15) is 6.61 Å². The topological polar surface area (TPSA) is 60.5 Å². The zero-order valence-electron chi connectivity index (χ0n) is 10.8. The molecule has 0 unspecified atom stereocenters. The molecule has 5 nitrogen and oxygen atoms in total. The number of rotatable bonds is 6. The monoisotopic (exact) mass is 312 g/mol. The molecular weight excluding hydrogens is 300 g/mol. The number of anilines is 1. The summed E-state index contributed by atoms with van der Waals surface area (Å²) in [5.41, 5.74) is 0.596. The summed E-state index contributed by atoms with van der Waals surface area (Å²) in [4.78, 5) is 16.5. The van der Waals surface area contributed by atoms with Crippen molar-refractivity contribution in [1.29, 1.82) is 0 Å². The van der Waals surface area contributed by atoms with E-state index in [1.54, 1.807) is 31.4 Å². The van der Waals surface area contributed by atoms with E-state index < -0.39 is 0 Å². The molecule has 20 heavy (non-hydrogen) atoms. The molecule has 1 amide bonds. The van der Waals surface area contributed by atoms with E-state index in [9.17, 15) is 4.79 Å². The third-order valence-electron chi connectivity index (χ3n) is 2.33. The number of hydrogen-bond acceptors (Lipinski definition) is 5. The quantitative estimate of drug-likeness (QED) is 0.833. The van der Waals surface area contributed by atoms with Crippen LogP contribution < -0.4 is 10.1 Å². The lowest BCUT2D eigenvalue weighted by molar-refractivity contribution is 0.103.